The van der Waals surface area contributed by atoms with E-state index >= 15 is 0 Å². The molecule has 1 unspecified atom stereocenters. The first-order valence-electron chi connectivity index (χ1n) is 9.15. The first kappa shape index (κ1) is 17.7. The minimum Gasteiger partial charge on any atom is -0.354 e. The fourth-order valence-electron chi connectivity index (χ4n) is 3.47. The predicted octanol–water partition coefficient (Wildman–Crippen LogP) is 2.14. The number of amides is 2. The Hall–Kier alpha value is -2.74. The van der Waals surface area contributed by atoms with Crippen molar-refractivity contribution in [3.8, 4) is 0 Å². The number of hydrogen-bond acceptors (Lipinski definition) is 5. The highest BCUT2D eigenvalue weighted by Gasteiger charge is 2.32. The fourth-order valence-corrected chi connectivity index (χ4v) is 4.14. The Morgan fingerprint density at radius 1 is 1.19 bits per heavy atom. The van der Waals surface area contributed by atoms with Gasteiger partial charge in [0.05, 0.1) is 4.88 Å². The van der Waals surface area contributed by atoms with Crippen molar-refractivity contribution in [2.45, 2.75) is 31.7 Å². The molecule has 1 N–H and O–H groups in total. The molecule has 4 rings (SSSR count). The average Bonchev–Trinajstić information content (AvgIpc) is 3.38. The van der Waals surface area contributed by atoms with E-state index in [9.17, 15) is 9.59 Å². The summed E-state index contributed by atoms with van der Waals surface area (Å²) >= 11 is 1.41. The van der Waals surface area contributed by atoms with Crippen molar-refractivity contribution in [1.82, 2.24) is 24.8 Å². The summed E-state index contributed by atoms with van der Waals surface area (Å²) in [4.78, 5) is 27.9. The molecule has 27 heavy (non-hydrogen) atoms. The molecule has 4 heterocycles. The van der Waals surface area contributed by atoms with Crippen LogP contribution in [-0.4, -0.2) is 50.4 Å². The molecule has 1 fully saturated rings. The van der Waals surface area contributed by atoms with Gasteiger partial charge in [0, 0.05) is 25.7 Å². The van der Waals surface area contributed by atoms with Gasteiger partial charge < -0.3 is 10.2 Å². The Bertz CT molecular complexity index is 937. The zero-order valence-electron chi connectivity index (χ0n) is 14.9. The topological polar surface area (TPSA) is 79.6 Å². The molecule has 1 aliphatic rings. The van der Waals surface area contributed by atoms with Crippen molar-refractivity contribution in [2.75, 3.05) is 13.1 Å². The number of rotatable bonds is 5. The molecule has 8 heteroatoms. The van der Waals surface area contributed by atoms with Crippen LogP contribution in [0.5, 0.6) is 0 Å². The summed E-state index contributed by atoms with van der Waals surface area (Å²) in [6.07, 6.45) is 5.10. The van der Waals surface area contributed by atoms with Crippen LogP contribution in [0.3, 0.4) is 0 Å². The quantitative estimate of drug-likeness (QED) is 0.732. The number of pyridine rings is 1. The average molecular weight is 383 g/mol. The third-order valence-corrected chi connectivity index (χ3v) is 5.69. The van der Waals surface area contributed by atoms with Crippen LogP contribution in [0.2, 0.25) is 0 Å². The lowest BCUT2D eigenvalue weighted by Crippen LogP contribution is -2.52. The molecular weight excluding hydrogens is 362 g/mol. The number of nitrogens with one attached hydrogen (secondary N) is 1. The third-order valence-electron chi connectivity index (χ3n) is 4.83. The van der Waals surface area contributed by atoms with Crippen LogP contribution in [0.1, 0.15) is 34.8 Å². The smallest absolute Gasteiger partial charge is 0.264 e. The van der Waals surface area contributed by atoms with Gasteiger partial charge in [-0.2, -0.15) is 0 Å². The van der Waals surface area contributed by atoms with Crippen LogP contribution in [0.15, 0.2) is 41.9 Å². The van der Waals surface area contributed by atoms with Gasteiger partial charge in [-0.05, 0) is 42.8 Å². The summed E-state index contributed by atoms with van der Waals surface area (Å²) in [5.74, 6) is 0.669. The van der Waals surface area contributed by atoms with Crippen molar-refractivity contribution in [3.63, 3.8) is 0 Å². The summed E-state index contributed by atoms with van der Waals surface area (Å²) in [7, 11) is 0. The Kier molecular flexibility index (Phi) is 5.15. The summed E-state index contributed by atoms with van der Waals surface area (Å²) < 4.78 is 1.92. The second-order valence-electron chi connectivity index (χ2n) is 6.57. The van der Waals surface area contributed by atoms with Gasteiger partial charge in [0.15, 0.2) is 5.65 Å². The molecule has 3 aromatic heterocycles. The number of nitrogens with zero attached hydrogens (tertiary/aromatic N) is 4. The Labute approximate surface area is 161 Å². The number of carbonyl (C=O) groups is 2. The van der Waals surface area contributed by atoms with E-state index in [-0.39, 0.29) is 11.8 Å². The molecule has 0 aromatic carbocycles. The largest absolute Gasteiger partial charge is 0.354 e. The Morgan fingerprint density at radius 2 is 2.11 bits per heavy atom. The van der Waals surface area contributed by atoms with E-state index in [1.807, 2.05) is 46.3 Å². The van der Waals surface area contributed by atoms with Gasteiger partial charge in [0.25, 0.3) is 5.91 Å². The zero-order valence-corrected chi connectivity index (χ0v) is 15.7. The fraction of sp³-hybridized carbons (Fsp3) is 0.368. The Morgan fingerprint density at radius 3 is 2.96 bits per heavy atom. The van der Waals surface area contributed by atoms with E-state index in [4.69, 9.17) is 0 Å². The molecular formula is C19H21N5O2S. The van der Waals surface area contributed by atoms with Crippen molar-refractivity contribution in [1.29, 1.82) is 0 Å². The maximum absolute atomic E-state index is 12.7. The normalized spacial score (nSPS) is 17.2. The van der Waals surface area contributed by atoms with Crippen molar-refractivity contribution in [3.05, 3.63) is 52.6 Å². The SMILES string of the molecule is O=C(NCCc1nnc2ccccn12)C1CCCCN1C(=O)c1cccs1. The minimum absolute atomic E-state index is 0.0479. The molecule has 0 bridgehead atoms. The van der Waals surface area contributed by atoms with Gasteiger partial charge in [-0.15, -0.1) is 21.5 Å². The monoisotopic (exact) mass is 383 g/mol. The number of piperidine rings is 1. The van der Waals surface area contributed by atoms with Gasteiger partial charge in [0.2, 0.25) is 5.91 Å². The van der Waals surface area contributed by atoms with E-state index in [0.29, 0.717) is 30.8 Å². The molecule has 1 aliphatic heterocycles. The lowest BCUT2D eigenvalue weighted by atomic mass is 10.0. The summed E-state index contributed by atoms with van der Waals surface area (Å²) in [6, 6.07) is 9.01. The van der Waals surface area contributed by atoms with Crippen molar-refractivity contribution in [2.24, 2.45) is 0 Å². The van der Waals surface area contributed by atoms with Crippen LogP contribution < -0.4 is 5.32 Å². The molecule has 3 aromatic rings. The molecule has 0 aliphatic carbocycles. The van der Waals surface area contributed by atoms with E-state index in [1.165, 1.54) is 11.3 Å². The van der Waals surface area contributed by atoms with Gasteiger partial charge in [-0.1, -0.05) is 12.1 Å². The highest BCUT2D eigenvalue weighted by Crippen LogP contribution is 2.22. The van der Waals surface area contributed by atoms with Crippen LogP contribution in [-0.2, 0) is 11.2 Å². The third kappa shape index (κ3) is 3.71. The summed E-state index contributed by atoms with van der Waals surface area (Å²) in [5, 5.41) is 13.2. The van der Waals surface area contributed by atoms with Crippen molar-refractivity contribution < 1.29 is 9.59 Å². The lowest BCUT2D eigenvalue weighted by Gasteiger charge is -2.34. The zero-order chi connectivity index (χ0) is 18.6. The number of fused-ring (bicyclic) bond motifs is 1. The van der Waals surface area contributed by atoms with Gasteiger partial charge in [0.1, 0.15) is 11.9 Å². The summed E-state index contributed by atoms with van der Waals surface area (Å²) in [5.41, 5.74) is 0.791. The maximum atomic E-state index is 12.7. The van der Waals surface area contributed by atoms with Crippen LogP contribution >= 0.6 is 11.3 Å². The minimum atomic E-state index is -0.400. The summed E-state index contributed by atoms with van der Waals surface area (Å²) in [6.45, 7) is 1.09. The van der Waals surface area contributed by atoms with Gasteiger partial charge in [-0.3, -0.25) is 14.0 Å². The predicted molar refractivity (Wildman–Crippen MR) is 103 cm³/mol. The molecule has 140 valence electrons. The van der Waals surface area contributed by atoms with Gasteiger partial charge in [-0.25, -0.2) is 0 Å². The second-order valence-corrected chi connectivity index (χ2v) is 7.52. The lowest BCUT2D eigenvalue weighted by molar-refractivity contribution is -0.126. The molecule has 0 saturated carbocycles. The van der Waals surface area contributed by atoms with Crippen LogP contribution in [0, 0.1) is 0 Å². The van der Waals surface area contributed by atoms with E-state index < -0.39 is 6.04 Å². The van der Waals surface area contributed by atoms with Crippen molar-refractivity contribution >= 4 is 28.8 Å². The Balaban J connectivity index is 1.38. The number of carbonyl (C=O) groups excluding carboxylic acids is 2. The number of thiophene rings is 1. The van der Waals surface area contributed by atoms with Gasteiger partial charge >= 0.3 is 0 Å². The molecule has 2 amide bonds. The molecule has 1 atom stereocenters. The first-order chi connectivity index (χ1) is 13.2. The van der Waals surface area contributed by atoms with E-state index in [0.717, 1.165) is 24.3 Å². The highest BCUT2D eigenvalue weighted by molar-refractivity contribution is 7.12. The molecule has 1 saturated heterocycles. The number of hydrogen-bond donors (Lipinski definition) is 1. The van der Waals surface area contributed by atoms with E-state index in [2.05, 4.69) is 15.5 Å². The number of aromatic nitrogens is 3. The van der Waals surface area contributed by atoms with Crippen LogP contribution in [0.4, 0.5) is 0 Å². The first-order valence-corrected chi connectivity index (χ1v) is 10.0. The highest BCUT2D eigenvalue weighted by atomic mass is 32.1. The molecule has 0 radical (unpaired) electrons. The second kappa shape index (κ2) is 7.87. The van der Waals surface area contributed by atoms with E-state index in [1.54, 1.807) is 4.90 Å². The standard InChI is InChI=1S/C19H21N5O2S/c25-18(20-10-9-17-22-21-16-8-2-4-12-24(16)17)14-6-1-3-11-23(14)19(26)15-7-5-13-27-15/h2,4-5,7-8,12-14H,1,3,6,9-11H2,(H,20,25). The molecule has 0 spiro atoms. The number of likely N-dealkylation sites (tertiary alicyclic amines) is 1. The van der Waals surface area contributed by atoms with Crippen LogP contribution in [0.25, 0.3) is 5.65 Å². The maximum Gasteiger partial charge on any atom is 0.264 e. The molecule has 7 nitrogen and oxygen atoms in total.